The lowest BCUT2D eigenvalue weighted by atomic mass is 9.81. The zero-order chi connectivity index (χ0) is 49.7. The Balaban J connectivity index is 0.000000222. The quantitative estimate of drug-likeness (QED) is 0.0235. The number of sulfone groups is 1. The molecule has 67 heavy (non-hydrogen) atoms. The van der Waals surface area contributed by atoms with Gasteiger partial charge in [0.15, 0.2) is 27.2 Å². The number of carbonyl (C=O) groups excluding carboxylic acids is 5. The maximum absolute atomic E-state index is 14.3. The molecular weight excluding hydrogens is 977 g/mol. The Hall–Kier alpha value is -5.06. The molecule has 0 bridgehead atoms. The molecule has 1 amide bonds. The van der Waals surface area contributed by atoms with E-state index in [9.17, 15) is 51.7 Å². The number of ketones is 3. The zero-order valence-electron chi connectivity index (χ0n) is 37.5. The second-order valence-corrected chi connectivity index (χ2v) is 19.9. The van der Waals surface area contributed by atoms with Gasteiger partial charge in [0, 0.05) is 50.3 Å². The second kappa shape index (κ2) is 24.8. The largest absolute Gasteiger partial charge is 0.468 e. The molecule has 1 fully saturated rings. The standard InChI is InChI=1S/C15H15ClFN3O3S2.C15H22ClNO2.C14H13NO7S/c1-23-13(21)8-24-12-7-11(10(17)6-9(12)16)18-14-19-4-2-3-5-20(19)15(22)25-14;1-5-13-8-6-7-11(2)15(13)17(14(18)9-16)12(3)10-19-4;1-23(21,22)8-5-6-9(10(7-8)15(19)20)14(18)13-11(16)3-2-4-12(13)17/h6-7H,2-5,8H2,1H3;6-8,12H,5,9-10H2,1-4H3;5-7,13H,2-4H2,1H3. The molecule has 1 aliphatic carbocycles. The predicted molar refractivity (Wildman–Crippen MR) is 253 cm³/mol. The van der Waals surface area contributed by atoms with Crippen molar-refractivity contribution in [1.29, 1.82) is 0 Å². The Morgan fingerprint density at radius 1 is 1.04 bits per heavy atom. The molecule has 1 unspecified atom stereocenters. The first-order valence-electron chi connectivity index (χ1n) is 20.8. The smallest absolute Gasteiger partial charge is 0.325 e. The van der Waals surface area contributed by atoms with Gasteiger partial charge in [-0.15, -0.1) is 23.4 Å². The molecule has 2 heterocycles. The molecule has 1 saturated carbocycles. The lowest BCUT2D eigenvalue weighted by Crippen LogP contribution is -2.43. The number of ether oxygens (including phenoxy) is 2. The Morgan fingerprint density at radius 3 is 2.28 bits per heavy atom. The number of thioether (sulfide) groups is 1. The number of anilines is 1. The van der Waals surface area contributed by atoms with Crippen LogP contribution in [-0.2, 0) is 58.0 Å². The van der Waals surface area contributed by atoms with Crippen LogP contribution in [0.15, 0.2) is 68.1 Å². The van der Waals surface area contributed by atoms with Crippen LogP contribution in [0.1, 0.15) is 67.4 Å². The van der Waals surface area contributed by atoms with Gasteiger partial charge in [-0.1, -0.05) is 36.7 Å². The van der Waals surface area contributed by atoms with Crippen LogP contribution in [-0.4, -0.2) is 96.7 Å². The van der Waals surface area contributed by atoms with E-state index in [-0.39, 0.29) is 56.9 Å². The summed E-state index contributed by atoms with van der Waals surface area (Å²) in [6, 6.07) is 11.5. The lowest BCUT2D eigenvalue weighted by molar-refractivity contribution is -0.385. The minimum atomic E-state index is -3.70. The number of esters is 1. The molecule has 0 spiro atoms. The van der Waals surface area contributed by atoms with E-state index in [1.165, 1.54) is 13.2 Å². The number of methoxy groups -OCH3 is 2. The summed E-state index contributed by atoms with van der Waals surface area (Å²) in [5.41, 5.74) is 2.13. The summed E-state index contributed by atoms with van der Waals surface area (Å²) in [5, 5.41) is 11.3. The lowest BCUT2D eigenvalue weighted by Gasteiger charge is -2.31. The van der Waals surface area contributed by atoms with E-state index in [1.54, 1.807) is 21.4 Å². The first kappa shape index (κ1) is 54.5. The van der Waals surface area contributed by atoms with Crippen LogP contribution in [0.5, 0.6) is 0 Å². The van der Waals surface area contributed by atoms with Crippen molar-refractivity contribution in [2.75, 3.05) is 43.6 Å². The third-order valence-corrected chi connectivity index (χ3v) is 14.1. The number of fused-ring (bicyclic) bond motifs is 1. The van der Waals surface area contributed by atoms with Gasteiger partial charge < -0.3 is 14.4 Å². The van der Waals surface area contributed by atoms with Crippen LogP contribution < -0.4 is 14.6 Å². The summed E-state index contributed by atoms with van der Waals surface area (Å²) in [5.74, 6) is -4.65. The van der Waals surface area contributed by atoms with E-state index < -0.39 is 61.1 Å². The first-order chi connectivity index (χ1) is 31.7. The van der Waals surface area contributed by atoms with Crippen molar-refractivity contribution in [1.82, 2.24) is 9.36 Å². The molecule has 0 radical (unpaired) electrons. The Labute approximate surface area is 404 Å². The number of halogens is 3. The number of nitro benzene ring substituents is 1. The van der Waals surface area contributed by atoms with E-state index in [0.29, 0.717) is 35.8 Å². The van der Waals surface area contributed by atoms with Gasteiger partial charge >= 0.3 is 10.8 Å². The number of hydrogen-bond acceptors (Lipinski definition) is 15. The molecule has 23 heteroatoms. The number of aromatic nitrogens is 2. The number of hydrogen-bond donors (Lipinski definition) is 0. The summed E-state index contributed by atoms with van der Waals surface area (Å²) in [6.07, 6.45) is 4.14. The van der Waals surface area contributed by atoms with Crippen LogP contribution in [0.3, 0.4) is 0 Å². The molecule has 1 aliphatic heterocycles. The van der Waals surface area contributed by atoms with Crippen LogP contribution in [0.2, 0.25) is 5.02 Å². The number of nitro groups is 1. The van der Waals surface area contributed by atoms with Gasteiger partial charge in [0.25, 0.3) is 5.69 Å². The number of amides is 1. The molecular formula is C44H50Cl2FN5O12S3. The Morgan fingerprint density at radius 2 is 1.70 bits per heavy atom. The maximum Gasteiger partial charge on any atom is 0.325 e. The van der Waals surface area contributed by atoms with Crippen molar-refractivity contribution < 1.29 is 51.2 Å². The number of aryl methyl sites for hydroxylation is 2. The van der Waals surface area contributed by atoms with Gasteiger partial charge in [0.1, 0.15) is 23.3 Å². The number of rotatable bonds is 14. The van der Waals surface area contributed by atoms with Crippen LogP contribution >= 0.6 is 46.3 Å². The molecule has 0 saturated heterocycles. The van der Waals surface area contributed by atoms with Crippen molar-refractivity contribution in [3.05, 3.63) is 101 Å². The van der Waals surface area contributed by atoms with Crippen molar-refractivity contribution >= 4 is 102 Å². The van der Waals surface area contributed by atoms with Gasteiger partial charge in [0.05, 0.1) is 51.6 Å². The normalized spacial score (nSPS) is 14.5. The van der Waals surface area contributed by atoms with E-state index >= 15 is 0 Å². The highest BCUT2D eigenvalue weighted by molar-refractivity contribution is 8.00. The maximum atomic E-state index is 14.3. The zero-order valence-corrected chi connectivity index (χ0v) is 41.5. The first-order valence-corrected chi connectivity index (χ1v) is 25.4. The molecule has 1 aromatic heterocycles. The van der Waals surface area contributed by atoms with Gasteiger partial charge in [-0.25, -0.2) is 22.5 Å². The predicted octanol–water partition coefficient (Wildman–Crippen LogP) is 7.08. The molecule has 4 aromatic rings. The second-order valence-electron chi connectivity index (χ2n) is 15.2. The number of carbonyl (C=O) groups is 5. The third kappa shape index (κ3) is 14.0. The molecule has 0 N–H and O–H groups in total. The number of para-hydroxylation sites is 1. The SMILES string of the molecule is CCc1cccc(C)c1N(C(=O)CCl)C(C)COC.COC(=O)CSc1cc(N=c2sc(=O)n3n2CCCC3)c(F)cc1Cl.CS(=O)(=O)c1ccc(C(=O)C2C(=O)CCCC2=O)c([N+](=O)[O-])c1. The third-order valence-electron chi connectivity index (χ3n) is 10.5. The number of benzene rings is 3. The van der Waals surface area contributed by atoms with Crippen LogP contribution in [0.25, 0.3) is 0 Å². The van der Waals surface area contributed by atoms with Gasteiger partial charge in [-0.3, -0.25) is 43.6 Å². The summed E-state index contributed by atoms with van der Waals surface area (Å²) in [4.78, 5) is 88.4. The molecule has 17 nitrogen and oxygen atoms in total. The fraction of sp³-hybridized carbons (Fsp3) is 0.432. The minimum Gasteiger partial charge on any atom is -0.468 e. The molecule has 3 aromatic carbocycles. The van der Waals surface area contributed by atoms with Crippen molar-refractivity contribution in [2.45, 2.75) is 88.2 Å². The highest BCUT2D eigenvalue weighted by Gasteiger charge is 2.39. The van der Waals surface area contributed by atoms with Crippen molar-refractivity contribution in [3.63, 3.8) is 0 Å². The van der Waals surface area contributed by atoms with Crippen LogP contribution in [0, 0.1) is 28.8 Å². The summed E-state index contributed by atoms with van der Waals surface area (Å²) >= 11 is 13.9. The minimum absolute atomic E-state index is 0.0223. The number of alkyl halides is 1. The molecule has 2 aliphatic rings. The van der Waals surface area contributed by atoms with Crippen molar-refractivity contribution in [3.8, 4) is 0 Å². The topological polar surface area (TPSA) is 224 Å². The monoisotopic (exact) mass is 1030 g/mol. The van der Waals surface area contributed by atoms with E-state index in [4.69, 9.17) is 27.9 Å². The van der Waals surface area contributed by atoms with E-state index in [0.717, 1.165) is 89.7 Å². The fourth-order valence-corrected chi connectivity index (χ4v) is 9.96. The highest BCUT2D eigenvalue weighted by Crippen LogP contribution is 2.34. The van der Waals surface area contributed by atoms with Gasteiger partial charge in [-0.05, 0) is 86.3 Å². The molecule has 362 valence electrons. The Kier molecular flexibility index (Phi) is 20.2. The van der Waals surface area contributed by atoms with Crippen molar-refractivity contribution in [2.24, 2.45) is 10.9 Å². The molecule has 1 atom stereocenters. The summed E-state index contributed by atoms with van der Waals surface area (Å²) < 4.78 is 50.4. The molecule has 6 rings (SSSR count). The number of Topliss-reactive ketones (excluding diaryl/α,β-unsaturated/α-hetero) is 3. The fourth-order valence-electron chi connectivity index (χ4n) is 7.21. The van der Waals surface area contributed by atoms with Gasteiger partial charge in [0.2, 0.25) is 10.7 Å². The highest BCUT2D eigenvalue weighted by atomic mass is 35.5. The van der Waals surface area contributed by atoms with E-state index in [2.05, 4.69) is 22.7 Å². The average Bonchev–Trinajstić information content (AvgIpc) is 3.61. The Bertz CT molecular complexity index is 2760. The van der Waals surface area contributed by atoms with Crippen LogP contribution in [0.4, 0.5) is 21.5 Å². The number of nitrogens with zero attached hydrogens (tertiary/aromatic N) is 5. The van der Waals surface area contributed by atoms with E-state index in [1.807, 2.05) is 26.0 Å². The summed E-state index contributed by atoms with van der Waals surface area (Å²) in [7, 11) is -0.763. The summed E-state index contributed by atoms with van der Waals surface area (Å²) in [6.45, 7) is 7.88. The average molecular weight is 1030 g/mol. The van der Waals surface area contributed by atoms with Gasteiger partial charge in [-0.2, -0.15) is 0 Å².